The molecule has 11 rings (SSSR count). The van der Waals surface area contributed by atoms with E-state index in [4.69, 9.17) is 9.40 Å². The average molecular weight is 610 g/mol. The van der Waals surface area contributed by atoms with Gasteiger partial charge >= 0.3 is 0 Å². The number of fused-ring (bicyclic) bond motifs is 15. The third kappa shape index (κ3) is 3.19. The minimum Gasteiger partial charge on any atom is -0.437 e. The summed E-state index contributed by atoms with van der Waals surface area (Å²) in [7, 11) is 0. The fourth-order valence-corrected chi connectivity index (χ4v) is 8.87. The van der Waals surface area contributed by atoms with Crippen LogP contribution >= 0.6 is 0 Å². The first-order valence-corrected chi connectivity index (χ1v) is 16.5. The molecule has 2 nitrogen and oxygen atoms in total. The highest BCUT2D eigenvalue weighted by atomic mass is 16.3. The van der Waals surface area contributed by atoms with E-state index < -0.39 is 5.41 Å². The van der Waals surface area contributed by atoms with Crippen LogP contribution in [0.25, 0.3) is 77.3 Å². The smallest absolute Gasteiger partial charge is 0.227 e. The molecule has 2 aliphatic carbocycles. The predicted octanol–water partition coefficient (Wildman–Crippen LogP) is 11.8. The number of rotatable bonds is 2. The number of aromatic nitrogens is 1. The second-order valence-corrected chi connectivity index (χ2v) is 13.0. The van der Waals surface area contributed by atoms with Crippen molar-refractivity contribution >= 4 is 32.8 Å². The first-order chi connectivity index (χ1) is 23.8. The first kappa shape index (κ1) is 25.9. The molecule has 48 heavy (non-hydrogen) atoms. The summed E-state index contributed by atoms with van der Waals surface area (Å²) in [6, 6.07) is 57.7. The molecule has 222 valence electrons. The number of nitrogens with zero attached hydrogens (tertiary/aromatic N) is 1. The molecule has 0 N–H and O–H groups in total. The normalized spacial score (nSPS) is 13.6. The number of hydrogen-bond donors (Lipinski definition) is 0. The van der Waals surface area contributed by atoms with E-state index in [1.54, 1.807) is 0 Å². The van der Waals surface area contributed by atoms with E-state index in [-0.39, 0.29) is 0 Å². The van der Waals surface area contributed by atoms with Gasteiger partial charge in [0.05, 0.1) is 5.41 Å². The van der Waals surface area contributed by atoms with Gasteiger partial charge in [-0.2, -0.15) is 0 Å². The van der Waals surface area contributed by atoms with Gasteiger partial charge in [-0.1, -0.05) is 133 Å². The van der Waals surface area contributed by atoms with E-state index in [2.05, 4.69) is 152 Å². The van der Waals surface area contributed by atoms with Crippen LogP contribution in [0.5, 0.6) is 0 Å². The Labute approximate surface area is 277 Å². The molecule has 0 saturated heterocycles. The van der Waals surface area contributed by atoms with E-state index in [0.717, 1.165) is 21.9 Å². The van der Waals surface area contributed by atoms with Gasteiger partial charge in [-0.15, -0.1) is 0 Å². The molecular formula is C46H27NO. The highest BCUT2D eigenvalue weighted by Crippen LogP contribution is 2.65. The van der Waals surface area contributed by atoms with Crippen LogP contribution < -0.4 is 0 Å². The monoisotopic (exact) mass is 609 g/mol. The quantitative estimate of drug-likeness (QED) is 0.195. The molecule has 7 aromatic carbocycles. The maximum atomic E-state index is 6.91. The third-order valence-electron chi connectivity index (χ3n) is 10.8. The van der Waals surface area contributed by atoms with Crippen LogP contribution in [0.1, 0.15) is 22.3 Å². The zero-order chi connectivity index (χ0) is 31.4. The Kier molecular flexibility index (Phi) is 5.07. The first-order valence-electron chi connectivity index (χ1n) is 16.5. The van der Waals surface area contributed by atoms with Crippen molar-refractivity contribution in [1.82, 2.24) is 4.98 Å². The molecule has 2 aliphatic rings. The minimum atomic E-state index is -0.525. The summed E-state index contributed by atoms with van der Waals surface area (Å²) in [5.74, 6) is 0. The molecule has 0 saturated carbocycles. The van der Waals surface area contributed by atoms with E-state index >= 15 is 0 Å². The van der Waals surface area contributed by atoms with Crippen molar-refractivity contribution in [3.05, 3.63) is 186 Å². The van der Waals surface area contributed by atoms with E-state index in [0.29, 0.717) is 5.71 Å². The molecule has 2 heterocycles. The van der Waals surface area contributed by atoms with E-state index in [9.17, 15) is 0 Å². The summed E-state index contributed by atoms with van der Waals surface area (Å²) in [4.78, 5) is 4.75. The maximum absolute atomic E-state index is 6.91. The second kappa shape index (κ2) is 9.40. The summed E-state index contributed by atoms with van der Waals surface area (Å²) in [5, 5.41) is 4.59. The summed E-state index contributed by atoms with van der Waals surface area (Å²) in [5.41, 5.74) is 16.0. The van der Waals surface area contributed by atoms with Crippen LogP contribution in [0, 0.1) is 0 Å². The van der Waals surface area contributed by atoms with Crippen LogP contribution in [0.15, 0.2) is 168 Å². The fourth-order valence-electron chi connectivity index (χ4n) is 8.87. The lowest BCUT2D eigenvalue weighted by Gasteiger charge is -2.31. The number of benzene rings is 7. The Morgan fingerprint density at radius 1 is 0.438 bits per heavy atom. The molecule has 0 amide bonds. The second-order valence-electron chi connectivity index (χ2n) is 13.0. The van der Waals surface area contributed by atoms with Gasteiger partial charge in [0.1, 0.15) is 5.58 Å². The van der Waals surface area contributed by atoms with Crippen LogP contribution in [0.3, 0.4) is 0 Å². The number of pyridine rings is 1. The van der Waals surface area contributed by atoms with Gasteiger partial charge in [-0.25, -0.2) is 4.98 Å². The van der Waals surface area contributed by atoms with Gasteiger partial charge in [-0.05, 0) is 96.2 Å². The number of hydrogen-bond acceptors (Lipinski definition) is 2. The standard InChI is InChI=1S/C46H27NO/c1-2-12-28(13-3-1)30-23-24-35-40(26-30)46(38-21-8-6-17-33(38)34-18-7-9-22-39(34)46)41-27-37(32-19-10-15-29-14-4-5-16-31(29)32)42-36-20-11-25-47-45(36)48-44(42)43(35)41/h1-27H. The molecule has 0 unspecified atom stereocenters. The summed E-state index contributed by atoms with van der Waals surface area (Å²) >= 11 is 0. The predicted molar refractivity (Wildman–Crippen MR) is 196 cm³/mol. The maximum Gasteiger partial charge on any atom is 0.227 e. The Balaban J connectivity index is 1.36. The molecule has 0 atom stereocenters. The third-order valence-corrected chi connectivity index (χ3v) is 10.8. The Hall–Kier alpha value is -6.25. The molecule has 9 aromatic rings. The molecule has 1 spiro atoms. The average Bonchev–Trinajstić information content (AvgIpc) is 3.79. The molecule has 2 heteroatoms. The van der Waals surface area contributed by atoms with Crippen LogP contribution in [-0.4, -0.2) is 4.98 Å². The van der Waals surface area contributed by atoms with Crippen molar-refractivity contribution in [1.29, 1.82) is 0 Å². The van der Waals surface area contributed by atoms with Crippen molar-refractivity contribution in [3.63, 3.8) is 0 Å². The zero-order valence-electron chi connectivity index (χ0n) is 25.9. The van der Waals surface area contributed by atoms with Gasteiger partial charge in [0.2, 0.25) is 5.71 Å². The van der Waals surface area contributed by atoms with Gasteiger partial charge < -0.3 is 4.42 Å². The number of furan rings is 1. The molecular weight excluding hydrogens is 583 g/mol. The van der Waals surface area contributed by atoms with Crippen molar-refractivity contribution in [2.45, 2.75) is 5.41 Å². The van der Waals surface area contributed by atoms with Crippen molar-refractivity contribution in [2.75, 3.05) is 0 Å². The SMILES string of the molecule is c1ccc(-c2ccc3c(c2)C2(c4ccccc4-c4ccccc42)c2cc(-c4cccc5ccccc45)c4c(oc5ncccc54)c2-3)cc1. The molecule has 2 aromatic heterocycles. The minimum absolute atomic E-state index is 0.525. The molecule has 0 bridgehead atoms. The molecule has 0 fully saturated rings. The van der Waals surface area contributed by atoms with E-state index in [1.165, 1.54) is 72.0 Å². The van der Waals surface area contributed by atoms with Crippen LogP contribution in [0.4, 0.5) is 0 Å². The van der Waals surface area contributed by atoms with Gasteiger partial charge in [0.25, 0.3) is 0 Å². The summed E-state index contributed by atoms with van der Waals surface area (Å²) < 4.78 is 6.91. The lowest BCUT2D eigenvalue weighted by Crippen LogP contribution is -2.26. The van der Waals surface area contributed by atoms with Gasteiger partial charge in [0.15, 0.2) is 0 Å². The summed E-state index contributed by atoms with van der Waals surface area (Å²) in [6.07, 6.45) is 1.83. The Morgan fingerprint density at radius 2 is 1.12 bits per heavy atom. The van der Waals surface area contributed by atoms with E-state index in [1.807, 2.05) is 12.3 Å². The zero-order valence-corrected chi connectivity index (χ0v) is 25.9. The Bertz CT molecular complexity index is 2740. The van der Waals surface area contributed by atoms with Crippen molar-refractivity contribution in [3.8, 4) is 44.5 Å². The lowest BCUT2D eigenvalue weighted by molar-refractivity contribution is 0.654. The molecule has 0 radical (unpaired) electrons. The lowest BCUT2D eigenvalue weighted by atomic mass is 9.69. The summed E-state index contributed by atoms with van der Waals surface area (Å²) in [6.45, 7) is 0. The van der Waals surface area contributed by atoms with Crippen LogP contribution in [0.2, 0.25) is 0 Å². The topological polar surface area (TPSA) is 26.0 Å². The van der Waals surface area contributed by atoms with Crippen LogP contribution in [-0.2, 0) is 5.41 Å². The Morgan fingerprint density at radius 3 is 1.96 bits per heavy atom. The van der Waals surface area contributed by atoms with Crippen molar-refractivity contribution < 1.29 is 4.42 Å². The largest absolute Gasteiger partial charge is 0.437 e. The highest BCUT2D eigenvalue weighted by Gasteiger charge is 2.53. The van der Waals surface area contributed by atoms with Crippen molar-refractivity contribution in [2.24, 2.45) is 0 Å². The van der Waals surface area contributed by atoms with Gasteiger partial charge in [0, 0.05) is 22.5 Å². The highest BCUT2D eigenvalue weighted by molar-refractivity contribution is 6.20. The molecule has 0 aliphatic heterocycles. The van der Waals surface area contributed by atoms with Gasteiger partial charge in [-0.3, -0.25) is 0 Å². The fraction of sp³-hybridized carbons (Fsp3) is 0.0217.